The molecule has 8 nitrogen and oxygen atoms in total. The number of hydrogen-bond acceptors (Lipinski definition) is 5. The molecule has 1 aliphatic heterocycles. The minimum absolute atomic E-state index is 0.0942. The van der Waals surface area contributed by atoms with Gasteiger partial charge in [0.15, 0.2) is 17.1 Å². The number of carbonyl (C=O) groups excluding carboxylic acids is 2. The predicted octanol–water partition coefficient (Wildman–Crippen LogP) is 2.03. The van der Waals surface area contributed by atoms with Crippen LogP contribution in [-0.4, -0.2) is 44.5 Å². The molecule has 1 atom stereocenters. The standard InChI is InChI=1S/C16H18ClN5O3/c1-21-8-6-11(20-21)22-7-2-3-10(15(22)23)25-16(24)12-13(9-4-5-9)18-19-14(12)17/h6,8-10H,2-5,7H2,1H3,(H,18,19). The lowest BCUT2D eigenvalue weighted by atomic mass is 10.1. The summed E-state index contributed by atoms with van der Waals surface area (Å²) in [6, 6.07) is 1.76. The highest BCUT2D eigenvalue weighted by Gasteiger charge is 2.37. The summed E-state index contributed by atoms with van der Waals surface area (Å²) in [6.07, 6.45) is 4.15. The number of ether oxygens (including phenoxy) is 1. The van der Waals surface area contributed by atoms with Gasteiger partial charge in [-0.15, -0.1) is 0 Å². The maximum absolute atomic E-state index is 12.7. The van der Waals surface area contributed by atoms with Crippen molar-refractivity contribution in [3.8, 4) is 0 Å². The molecule has 132 valence electrons. The van der Waals surface area contributed by atoms with Crippen molar-refractivity contribution in [1.29, 1.82) is 0 Å². The van der Waals surface area contributed by atoms with Gasteiger partial charge < -0.3 is 4.74 Å². The van der Waals surface area contributed by atoms with Crippen molar-refractivity contribution in [1.82, 2.24) is 20.0 Å². The lowest BCUT2D eigenvalue weighted by molar-refractivity contribution is -0.129. The third-order valence-corrected chi connectivity index (χ3v) is 4.83. The zero-order valence-electron chi connectivity index (χ0n) is 13.7. The Bertz CT molecular complexity index is 826. The molecule has 2 aliphatic rings. The molecule has 1 unspecified atom stereocenters. The Labute approximate surface area is 149 Å². The number of aromatic amines is 1. The Kier molecular flexibility index (Phi) is 3.99. The van der Waals surface area contributed by atoms with E-state index < -0.39 is 12.1 Å². The number of amides is 1. The number of piperidine rings is 1. The number of aromatic nitrogens is 4. The molecule has 0 aromatic carbocycles. The number of nitrogens with zero attached hydrogens (tertiary/aromatic N) is 4. The SMILES string of the molecule is Cn1ccc(N2CCCC(OC(=O)c3c(Cl)n[nH]c3C3CC3)C2=O)n1. The van der Waals surface area contributed by atoms with Gasteiger partial charge >= 0.3 is 5.97 Å². The Hall–Kier alpha value is -2.35. The number of halogens is 1. The lowest BCUT2D eigenvalue weighted by Crippen LogP contribution is -2.46. The largest absolute Gasteiger partial charge is 0.449 e. The molecule has 4 rings (SSSR count). The molecule has 0 radical (unpaired) electrons. The van der Waals surface area contributed by atoms with E-state index in [1.165, 1.54) is 0 Å². The number of rotatable bonds is 4. The van der Waals surface area contributed by atoms with Crippen LogP contribution in [0.5, 0.6) is 0 Å². The molecule has 9 heteroatoms. The first-order valence-electron chi connectivity index (χ1n) is 8.30. The molecule has 2 aromatic heterocycles. The first kappa shape index (κ1) is 16.1. The Balaban J connectivity index is 1.51. The number of aryl methyl sites for hydroxylation is 1. The van der Waals surface area contributed by atoms with Gasteiger partial charge in [0.25, 0.3) is 5.91 Å². The van der Waals surface area contributed by atoms with E-state index in [0.29, 0.717) is 24.5 Å². The molecule has 1 amide bonds. The van der Waals surface area contributed by atoms with Crippen LogP contribution in [0, 0.1) is 0 Å². The molecule has 0 spiro atoms. The maximum atomic E-state index is 12.7. The molecule has 1 saturated heterocycles. The molecule has 1 saturated carbocycles. The fourth-order valence-corrected chi connectivity index (χ4v) is 3.33. The number of nitrogens with one attached hydrogen (secondary N) is 1. The van der Waals surface area contributed by atoms with E-state index in [1.54, 1.807) is 28.9 Å². The second-order valence-electron chi connectivity index (χ2n) is 6.45. The van der Waals surface area contributed by atoms with Crippen molar-refractivity contribution in [2.75, 3.05) is 11.4 Å². The van der Waals surface area contributed by atoms with Crippen LogP contribution in [0.2, 0.25) is 5.15 Å². The van der Waals surface area contributed by atoms with Crippen molar-refractivity contribution >= 4 is 29.3 Å². The summed E-state index contributed by atoms with van der Waals surface area (Å²) in [5, 5.41) is 11.1. The minimum Gasteiger partial charge on any atom is -0.449 e. The van der Waals surface area contributed by atoms with Crippen molar-refractivity contribution in [2.45, 2.75) is 37.7 Å². The summed E-state index contributed by atoms with van der Waals surface area (Å²) in [6.45, 7) is 0.559. The summed E-state index contributed by atoms with van der Waals surface area (Å²) < 4.78 is 7.13. The van der Waals surface area contributed by atoms with E-state index in [9.17, 15) is 9.59 Å². The summed E-state index contributed by atoms with van der Waals surface area (Å²) in [5.74, 6) is -0.0179. The molecule has 2 aromatic rings. The molecular weight excluding hydrogens is 346 g/mol. The summed E-state index contributed by atoms with van der Waals surface area (Å²) >= 11 is 6.04. The van der Waals surface area contributed by atoms with Gasteiger partial charge in [-0.2, -0.15) is 10.2 Å². The molecular formula is C16H18ClN5O3. The molecule has 0 bridgehead atoms. The molecule has 25 heavy (non-hydrogen) atoms. The quantitative estimate of drug-likeness (QED) is 0.839. The van der Waals surface area contributed by atoms with Gasteiger partial charge in [-0.1, -0.05) is 11.6 Å². The summed E-state index contributed by atoms with van der Waals surface area (Å²) in [4.78, 5) is 26.8. The Morgan fingerprint density at radius 3 is 2.88 bits per heavy atom. The van der Waals surface area contributed by atoms with Gasteiger partial charge in [-0.25, -0.2) is 4.79 Å². The van der Waals surface area contributed by atoms with Gasteiger partial charge in [-0.3, -0.25) is 19.5 Å². The van der Waals surface area contributed by atoms with Crippen molar-refractivity contribution in [3.63, 3.8) is 0 Å². The summed E-state index contributed by atoms with van der Waals surface area (Å²) in [7, 11) is 1.79. The number of hydrogen-bond donors (Lipinski definition) is 1. The smallest absolute Gasteiger partial charge is 0.344 e. The average Bonchev–Trinajstić information content (AvgIpc) is 3.22. The van der Waals surface area contributed by atoms with E-state index in [4.69, 9.17) is 16.3 Å². The van der Waals surface area contributed by atoms with Crippen LogP contribution < -0.4 is 4.90 Å². The zero-order valence-corrected chi connectivity index (χ0v) is 14.5. The monoisotopic (exact) mass is 363 g/mol. The van der Waals surface area contributed by atoms with E-state index in [0.717, 1.165) is 19.3 Å². The van der Waals surface area contributed by atoms with Crippen LogP contribution >= 0.6 is 11.6 Å². The van der Waals surface area contributed by atoms with Crippen LogP contribution in [0.3, 0.4) is 0 Å². The summed E-state index contributed by atoms with van der Waals surface area (Å²) in [5.41, 5.74) is 0.965. The predicted molar refractivity (Wildman–Crippen MR) is 89.6 cm³/mol. The van der Waals surface area contributed by atoms with Gasteiger partial charge in [0, 0.05) is 31.8 Å². The van der Waals surface area contributed by atoms with Gasteiger partial charge in [0.05, 0.1) is 5.69 Å². The lowest BCUT2D eigenvalue weighted by Gasteiger charge is -2.30. The van der Waals surface area contributed by atoms with Crippen molar-refractivity contribution in [2.24, 2.45) is 7.05 Å². The number of esters is 1. The first-order valence-corrected chi connectivity index (χ1v) is 8.68. The molecule has 2 fully saturated rings. The van der Waals surface area contributed by atoms with Gasteiger partial charge in [-0.05, 0) is 25.7 Å². The van der Waals surface area contributed by atoms with Crippen molar-refractivity contribution < 1.29 is 14.3 Å². The fraction of sp³-hybridized carbons (Fsp3) is 0.500. The van der Waals surface area contributed by atoms with Gasteiger partial charge in [0.2, 0.25) is 0 Å². The average molecular weight is 364 g/mol. The number of carbonyl (C=O) groups is 2. The minimum atomic E-state index is -0.832. The number of H-pyrrole nitrogens is 1. The maximum Gasteiger partial charge on any atom is 0.344 e. The normalized spacial score (nSPS) is 20.8. The third kappa shape index (κ3) is 3.02. The zero-order chi connectivity index (χ0) is 17.6. The van der Waals surface area contributed by atoms with Gasteiger partial charge in [0.1, 0.15) is 5.56 Å². The number of anilines is 1. The van der Waals surface area contributed by atoms with Crippen LogP contribution in [0.15, 0.2) is 12.3 Å². The highest BCUT2D eigenvalue weighted by atomic mass is 35.5. The third-order valence-electron chi connectivity index (χ3n) is 4.55. The van der Waals surface area contributed by atoms with E-state index in [-0.39, 0.29) is 22.5 Å². The first-order chi connectivity index (χ1) is 12.0. The topological polar surface area (TPSA) is 93.1 Å². The van der Waals surface area contributed by atoms with Crippen molar-refractivity contribution in [3.05, 3.63) is 28.7 Å². The van der Waals surface area contributed by atoms with E-state index in [1.807, 2.05) is 0 Å². The Morgan fingerprint density at radius 2 is 2.20 bits per heavy atom. The second-order valence-corrected chi connectivity index (χ2v) is 6.81. The molecule has 3 heterocycles. The second kappa shape index (κ2) is 6.18. The highest BCUT2D eigenvalue weighted by Crippen LogP contribution is 2.42. The van der Waals surface area contributed by atoms with E-state index >= 15 is 0 Å². The van der Waals surface area contributed by atoms with Crippen LogP contribution in [0.1, 0.15) is 47.7 Å². The molecule has 1 N–H and O–H groups in total. The van der Waals surface area contributed by atoms with Crippen LogP contribution in [0.25, 0.3) is 0 Å². The Morgan fingerprint density at radius 1 is 1.40 bits per heavy atom. The van der Waals surface area contributed by atoms with Crippen LogP contribution in [0.4, 0.5) is 5.82 Å². The van der Waals surface area contributed by atoms with E-state index in [2.05, 4.69) is 15.3 Å². The molecule has 1 aliphatic carbocycles. The highest BCUT2D eigenvalue weighted by molar-refractivity contribution is 6.32. The van der Waals surface area contributed by atoms with Crippen LogP contribution in [-0.2, 0) is 16.6 Å². The fourth-order valence-electron chi connectivity index (χ4n) is 3.11.